The molecule has 0 saturated carbocycles. The minimum absolute atomic E-state index is 0.112. The molecule has 0 aliphatic carbocycles. The van der Waals surface area contributed by atoms with Gasteiger partial charge in [0.25, 0.3) is 0 Å². The maximum atomic E-state index is 12.5. The van der Waals surface area contributed by atoms with Gasteiger partial charge >= 0.3 is 0 Å². The van der Waals surface area contributed by atoms with Gasteiger partial charge in [-0.25, -0.2) is 9.13 Å². The van der Waals surface area contributed by atoms with Gasteiger partial charge in [0.15, 0.2) is 6.54 Å². The molecule has 0 amide bonds. The van der Waals surface area contributed by atoms with Crippen molar-refractivity contribution < 1.29 is 9.36 Å². The standard InChI is InChI=1S/C26H23BrN3O/c27-21-12-10-20(11-13-21)26(31)18-29-17-16-28(19-29)14-5-15-30-24-8-3-1-6-22(24)23-7-2-4-9-25(23)30/h1-4,6-13,16-17,19H,5,14-15,18H2/q+1. The van der Waals surface area contributed by atoms with Crippen LogP contribution in [0.2, 0.25) is 0 Å². The number of carbonyl (C=O) groups is 1. The Hall–Kier alpha value is -3.18. The first-order valence-electron chi connectivity index (χ1n) is 10.5. The van der Waals surface area contributed by atoms with Gasteiger partial charge in [0.05, 0.1) is 6.54 Å². The molecule has 0 radical (unpaired) electrons. The third kappa shape index (κ3) is 4.06. The lowest BCUT2D eigenvalue weighted by atomic mass is 10.1. The average Bonchev–Trinajstić information content (AvgIpc) is 3.37. The predicted molar refractivity (Wildman–Crippen MR) is 127 cm³/mol. The number of carbonyl (C=O) groups excluding carboxylic acids is 1. The van der Waals surface area contributed by atoms with Gasteiger partial charge in [-0.15, -0.1) is 0 Å². The number of hydrogen-bond donors (Lipinski definition) is 0. The molecular weight excluding hydrogens is 450 g/mol. The summed E-state index contributed by atoms with van der Waals surface area (Å²) < 4.78 is 7.50. The van der Waals surface area contributed by atoms with Crippen LogP contribution in [0.15, 0.2) is 96.0 Å². The van der Waals surface area contributed by atoms with E-state index in [1.54, 1.807) is 0 Å². The van der Waals surface area contributed by atoms with Crippen molar-refractivity contribution in [2.24, 2.45) is 0 Å². The molecular formula is C26H23BrN3O+. The zero-order valence-corrected chi connectivity index (χ0v) is 18.7. The molecule has 0 fully saturated rings. The third-order valence-corrected chi connectivity index (χ3v) is 6.25. The smallest absolute Gasteiger partial charge is 0.244 e. The number of nitrogens with zero attached hydrogens (tertiary/aromatic N) is 3. The fraction of sp³-hybridized carbons (Fsp3) is 0.154. The average molecular weight is 473 g/mol. The van der Waals surface area contributed by atoms with Crippen molar-refractivity contribution in [2.75, 3.05) is 0 Å². The van der Waals surface area contributed by atoms with Gasteiger partial charge in [0, 0.05) is 44.8 Å². The van der Waals surface area contributed by atoms with Gasteiger partial charge < -0.3 is 4.57 Å². The molecule has 0 saturated heterocycles. The molecule has 31 heavy (non-hydrogen) atoms. The first-order chi connectivity index (χ1) is 15.2. The zero-order chi connectivity index (χ0) is 21.2. The summed E-state index contributed by atoms with van der Waals surface area (Å²) in [7, 11) is 0. The van der Waals surface area contributed by atoms with Crippen molar-refractivity contribution in [1.29, 1.82) is 0 Å². The van der Waals surface area contributed by atoms with Gasteiger partial charge in [-0.1, -0.05) is 64.5 Å². The molecule has 0 aliphatic heterocycles. The molecule has 0 spiro atoms. The van der Waals surface area contributed by atoms with E-state index in [9.17, 15) is 4.79 Å². The minimum atomic E-state index is 0.112. The van der Waals surface area contributed by atoms with E-state index in [0.717, 1.165) is 29.5 Å². The quantitative estimate of drug-likeness (QED) is 0.223. The minimum Gasteiger partial charge on any atom is -0.340 e. The van der Waals surface area contributed by atoms with Gasteiger partial charge in [-0.05, 0) is 24.3 Å². The summed E-state index contributed by atoms with van der Waals surface area (Å²) in [5.74, 6) is 0.112. The SMILES string of the molecule is O=C(C[n+]1ccn(CCCn2c3ccccc3c3ccccc32)c1)c1ccc(Br)cc1. The van der Waals surface area contributed by atoms with Gasteiger partial charge in [0.2, 0.25) is 12.1 Å². The number of rotatable bonds is 7. The Kier molecular flexibility index (Phi) is 5.43. The monoisotopic (exact) mass is 472 g/mol. The number of para-hydroxylation sites is 2. The Labute approximate surface area is 189 Å². The topological polar surface area (TPSA) is 30.8 Å². The van der Waals surface area contributed by atoms with Crippen LogP contribution in [0.5, 0.6) is 0 Å². The highest BCUT2D eigenvalue weighted by molar-refractivity contribution is 9.10. The molecule has 0 aliphatic rings. The summed E-state index contributed by atoms with van der Waals surface area (Å²) in [5.41, 5.74) is 3.30. The Bertz CT molecular complexity index is 1310. The third-order valence-electron chi connectivity index (χ3n) is 5.72. The lowest BCUT2D eigenvalue weighted by Crippen LogP contribution is -2.35. The van der Waals surface area contributed by atoms with Crippen LogP contribution in [0.3, 0.4) is 0 Å². The molecule has 5 rings (SSSR count). The highest BCUT2D eigenvalue weighted by Crippen LogP contribution is 2.28. The molecule has 2 aromatic heterocycles. The summed E-state index contributed by atoms with van der Waals surface area (Å²) >= 11 is 3.41. The van der Waals surface area contributed by atoms with Crippen molar-refractivity contribution >= 4 is 43.5 Å². The van der Waals surface area contributed by atoms with Crippen LogP contribution in [-0.2, 0) is 19.6 Å². The largest absolute Gasteiger partial charge is 0.340 e. The second-order valence-electron chi connectivity index (χ2n) is 7.79. The fourth-order valence-electron chi connectivity index (χ4n) is 4.21. The van der Waals surface area contributed by atoms with E-state index in [1.807, 2.05) is 47.6 Å². The van der Waals surface area contributed by atoms with E-state index >= 15 is 0 Å². The van der Waals surface area contributed by atoms with Crippen molar-refractivity contribution in [3.8, 4) is 0 Å². The number of imidazole rings is 1. The molecule has 0 N–H and O–H groups in total. The van der Waals surface area contributed by atoms with E-state index < -0.39 is 0 Å². The molecule has 0 bridgehead atoms. The van der Waals surface area contributed by atoms with Crippen LogP contribution < -0.4 is 4.57 Å². The molecule has 2 heterocycles. The molecule has 4 nitrogen and oxygen atoms in total. The van der Waals surface area contributed by atoms with Gasteiger partial charge in [0.1, 0.15) is 12.4 Å². The van der Waals surface area contributed by atoms with Crippen LogP contribution in [0.25, 0.3) is 21.8 Å². The van der Waals surface area contributed by atoms with Crippen molar-refractivity contribution in [3.63, 3.8) is 0 Å². The van der Waals surface area contributed by atoms with E-state index in [4.69, 9.17) is 0 Å². The Balaban J connectivity index is 1.26. The number of aromatic nitrogens is 3. The van der Waals surface area contributed by atoms with Crippen molar-refractivity contribution in [2.45, 2.75) is 26.1 Å². The number of fused-ring (bicyclic) bond motifs is 3. The van der Waals surface area contributed by atoms with Crippen LogP contribution in [0.4, 0.5) is 0 Å². The first-order valence-corrected chi connectivity index (χ1v) is 11.3. The second kappa shape index (κ2) is 8.52. The molecule has 5 heteroatoms. The summed E-state index contributed by atoms with van der Waals surface area (Å²) in [4.78, 5) is 12.5. The van der Waals surface area contributed by atoms with Crippen LogP contribution in [-0.4, -0.2) is 14.9 Å². The summed E-state index contributed by atoms with van der Waals surface area (Å²) in [6.07, 6.45) is 7.04. The number of halogens is 1. The van der Waals surface area contributed by atoms with E-state index in [-0.39, 0.29) is 5.78 Å². The molecule has 3 aromatic carbocycles. The molecule has 0 unspecified atom stereocenters. The van der Waals surface area contributed by atoms with Gasteiger partial charge in [-0.2, -0.15) is 0 Å². The lowest BCUT2D eigenvalue weighted by molar-refractivity contribution is -0.682. The highest BCUT2D eigenvalue weighted by Gasteiger charge is 2.13. The number of aryl methyl sites for hydroxylation is 2. The predicted octanol–water partition coefficient (Wildman–Crippen LogP) is 5.62. The van der Waals surface area contributed by atoms with E-state index in [1.165, 1.54) is 21.8 Å². The molecule has 0 atom stereocenters. The van der Waals surface area contributed by atoms with Crippen molar-refractivity contribution in [3.05, 3.63) is 102 Å². The second-order valence-corrected chi connectivity index (χ2v) is 8.71. The van der Waals surface area contributed by atoms with Crippen LogP contribution in [0.1, 0.15) is 16.8 Å². The maximum Gasteiger partial charge on any atom is 0.244 e. The Morgan fingerprint density at radius 1 is 0.839 bits per heavy atom. The first kappa shape index (κ1) is 19.8. The summed E-state index contributed by atoms with van der Waals surface area (Å²) in [6.45, 7) is 2.20. The van der Waals surface area contributed by atoms with E-state index in [0.29, 0.717) is 6.54 Å². The normalized spacial score (nSPS) is 11.4. The zero-order valence-electron chi connectivity index (χ0n) is 17.1. The van der Waals surface area contributed by atoms with Crippen LogP contribution in [0, 0.1) is 0 Å². The molecule has 5 aromatic rings. The number of Topliss-reactive ketones (excluding diaryl/α,β-unsaturated/α-hetero) is 1. The maximum absolute atomic E-state index is 12.5. The number of benzene rings is 3. The van der Waals surface area contributed by atoms with Crippen LogP contribution >= 0.6 is 15.9 Å². The number of hydrogen-bond acceptors (Lipinski definition) is 1. The number of ketones is 1. The Morgan fingerprint density at radius 2 is 1.48 bits per heavy atom. The summed E-state index contributed by atoms with van der Waals surface area (Å²) in [5, 5.41) is 2.62. The fourth-order valence-corrected chi connectivity index (χ4v) is 4.48. The Morgan fingerprint density at radius 3 is 2.16 bits per heavy atom. The lowest BCUT2D eigenvalue weighted by Gasteiger charge is -2.06. The van der Waals surface area contributed by atoms with Gasteiger partial charge in [-0.3, -0.25) is 4.79 Å². The van der Waals surface area contributed by atoms with Crippen molar-refractivity contribution in [1.82, 2.24) is 9.13 Å². The van der Waals surface area contributed by atoms with E-state index in [2.05, 4.69) is 73.6 Å². The molecule has 154 valence electrons. The highest BCUT2D eigenvalue weighted by atomic mass is 79.9. The summed E-state index contributed by atoms with van der Waals surface area (Å²) in [6, 6.07) is 24.7.